The molecule has 0 aliphatic carbocycles. The topological polar surface area (TPSA) is 85.0 Å². The molecule has 2 aromatic rings. The molecule has 8 heteroatoms. The molecule has 2 aliphatic rings. The molecular weight excluding hydrogens is 394 g/mol. The molecule has 1 unspecified atom stereocenters. The van der Waals surface area contributed by atoms with Gasteiger partial charge in [-0.1, -0.05) is 42.5 Å². The van der Waals surface area contributed by atoms with E-state index in [4.69, 9.17) is 0 Å². The van der Waals surface area contributed by atoms with Crippen LogP contribution in [0.2, 0.25) is 0 Å². The molecule has 1 atom stereocenters. The number of carbonyl (C=O) groups is 3. The van der Waals surface area contributed by atoms with E-state index < -0.39 is 0 Å². The predicted molar refractivity (Wildman–Crippen MR) is 118 cm³/mol. The highest BCUT2D eigenvalue weighted by atomic mass is 16.2. The standard InChI is InChI=1S/C23H29N5O3/c1-26-15-20(21(29)27(2)23(26)31)28-12-10-18(11-13-28)25-22(30)24-14-17-8-5-7-16-6-3-4-9-19(16)17/h3-9,18,20H,10-15H2,1-2H3,(H2,24,25,30). The van der Waals surface area contributed by atoms with Crippen molar-refractivity contribution in [3.8, 4) is 0 Å². The van der Waals surface area contributed by atoms with Crippen LogP contribution in [0.1, 0.15) is 18.4 Å². The van der Waals surface area contributed by atoms with Crippen molar-refractivity contribution >= 4 is 28.7 Å². The maximum atomic E-state index is 12.5. The molecule has 31 heavy (non-hydrogen) atoms. The van der Waals surface area contributed by atoms with Crippen molar-refractivity contribution in [1.82, 2.24) is 25.3 Å². The number of hydrogen-bond acceptors (Lipinski definition) is 4. The average Bonchev–Trinajstić information content (AvgIpc) is 2.79. The third-order valence-electron chi connectivity index (χ3n) is 6.30. The van der Waals surface area contributed by atoms with E-state index in [9.17, 15) is 14.4 Å². The number of benzene rings is 2. The first-order chi connectivity index (χ1) is 14.9. The normalized spacial score (nSPS) is 20.9. The Balaban J connectivity index is 1.26. The summed E-state index contributed by atoms with van der Waals surface area (Å²) < 4.78 is 0. The Bertz CT molecular complexity index is 981. The molecule has 4 rings (SSSR count). The van der Waals surface area contributed by atoms with Crippen molar-refractivity contribution in [2.45, 2.75) is 31.5 Å². The first-order valence-corrected chi connectivity index (χ1v) is 10.7. The minimum atomic E-state index is -0.311. The highest BCUT2D eigenvalue weighted by molar-refractivity contribution is 5.99. The van der Waals surface area contributed by atoms with Gasteiger partial charge in [-0.3, -0.25) is 14.6 Å². The molecule has 0 bridgehead atoms. The van der Waals surface area contributed by atoms with Gasteiger partial charge in [-0.05, 0) is 29.2 Å². The Labute approximate surface area is 182 Å². The van der Waals surface area contributed by atoms with Gasteiger partial charge in [-0.25, -0.2) is 9.59 Å². The van der Waals surface area contributed by atoms with Crippen molar-refractivity contribution in [3.05, 3.63) is 48.0 Å². The van der Waals surface area contributed by atoms with Gasteiger partial charge >= 0.3 is 12.1 Å². The van der Waals surface area contributed by atoms with E-state index in [2.05, 4.69) is 33.7 Å². The lowest BCUT2D eigenvalue weighted by Crippen LogP contribution is -2.63. The van der Waals surface area contributed by atoms with E-state index in [1.807, 2.05) is 24.3 Å². The molecular formula is C23H29N5O3. The van der Waals surface area contributed by atoms with Crippen LogP contribution in [0.15, 0.2) is 42.5 Å². The van der Waals surface area contributed by atoms with Crippen molar-refractivity contribution in [1.29, 1.82) is 0 Å². The van der Waals surface area contributed by atoms with E-state index in [1.165, 1.54) is 11.9 Å². The highest BCUT2D eigenvalue weighted by Crippen LogP contribution is 2.20. The number of rotatable bonds is 4. The summed E-state index contributed by atoms with van der Waals surface area (Å²) in [5.74, 6) is -0.151. The number of carbonyl (C=O) groups excluding carboxylic acids is 3. The Hall–Kier alpha value is -3.13. The molecule has 2 heterocycles. The zero-order valence-corrected chi connectivity index (χ0v) is 18.0. The van der Waals surface area contributed by atoms with Crippen LogP contribution in [-0.4, -0.2) is 78.5 Å². The number of likely N-dealkylation sites (N-methyl/N-ethyl adjacent to an activating group) is 2. The number of urea groups is 2. The third-order valence-corrected chi connectivity index (χ3v) is 6.30. The Kier molecular flexibility index (Phi) is 6.08. The number of hydrogen-bond donors (Lipinski definition) is 2. The molecule has 5 amide bonds. The maximum Gasteiger partial charge on any atom is 0.326 e. The lowest BCUT2D eigenvalue weighted by atomic mass is 10.0. The molecule has 2 fully saturated rings. The summed E-state index contributed by atoms with van der Waals surface area (Å²) >= 11 is 0. The van der Waals surface area contributed by atoms with Crippen molar-refractivity contribution < 1.29 is 14.4 Å². The third kappa shape index (κ3) is 4.49. The lowest BCUT2D eigenvalue weighted by Gasteiger charge is -2.42. The van der Waals surface area contributed by atoms with E-state index in [1.54, 1.807) is 11.9 Å². The van der Waals surface area contributed by atoms with Crippen LogP contribution in [0.4, 0.5) is 9.59 Å². The Morgan fingerprint density at radius 3 is 2.52 bits per heavy atom. The fraction of sp³-hybridized carbons (Fsp3) is 0.435. The number of amides is 5. The largest absolute Gasteiger partial charge is 0.335 e. The van der Waals surface area contributed by atoms with Crippen molar-refractivity contribution in [2.24, 2.45) is 0 Å². The second-order valence-corrected chi connectivity index (χ2v) is 8.35. The van der Waals surface area contributed by atoms with Gasteiger partial charge in [-0.15, -0.1) is 0 Å². The molecule has 2 aromatic carbocycles. The van der Waals surface area contributed by atoms with Crippen LogP contribution in [0, 0.1) is 0 Å². The summed E-state index contributed by atoms with van der Waals surface area (Å²) in [6.07, 6.45) is 1.54. The van der Waals surface area contributed by atoms with Gasteiger partial charge in [0.05, 0.1) is 0 Å². The summed E-state index contributed by atoms with van der Waals surface area (Å²) in [5.41, 5.74) is 1.08. The second-order valence-electron chi connectivity index (χ2n) is 8.35. The molecule has 8 nitrogen and oxygen atoms in total. The summed E-state index contributed by atoms with van der Waals surface area (Å²) in [6, 6.07) is 13.6. The summed E-state index contributed by atoms with van der Waals surface area (Å²) in [4.78, 5) is 41.8. The molecule has 164 valence electrons. The predicted octanol–water partition coefficient (Wildman–Crippen LogP) is 2.00. The highest BCUT2D eigenvalue weighted by Gasteiger charge is 2.39. The summed E-state index contributed by atoms with van der Waals surface area (Å²) in [7, 11) is 3.24. The Morgan fingerprint density at radius 2 is 1.74 bits per heavy atom. The van der Waals surface area contributed by atoms with Crippen LogP contribution in [-0.2, 0) is 11.3 Å². The van der Waals surface area contributed by atoms with E-state index in [0.29, 0.717) is 26.2 Å². The summed E-state index contributed by atoms with van der Waals surface area (Å²) in [5, 5.41) is 8.33. The van der Waals surface area contributed by atoms with Gasteiger partial charge in [0.1, 0.15) is 6.04 Å². The zero-order valence-electron chi connectivity index (χ0n) is 18.0. The van der Waals surface area contributed by atoms with Crippen LogP contribution in [0.3, 0.4) is 0 Å². The number of imide groups is 1. The monoisotopic (exact) mass is 423 g/mol. The lowest BCUT2D eigenvalue weighted by molar-refractivity contribution is -0.136. The number of nitrogens with one attached hydrogen (secondary N) is 2. The molecule has 0 radical (unpaired) electrons. The molecule has 2 N–H and O–H groups in total. The minimum absolute atomic E-state index is 0.0690. The number of fused-ring (bicyclic) bond motifs is 1. The molecule has 0 saturated carbocycles. The molecule has 2 aliphatic heterocycles. The maximum absolute atomic E-state index is 12.5. The number of nitrogens with zero attached hydrogens (tertiary/aromatic N) is 3. The molecule has 0 aromatic heterocycles. The van der Waals surface area contributed by atoms with Gasteiger partial charge in [0, 0.05) is 46.3 Å². The quantitative estimate of drug-likeness (QED) is 0.788. The average molecular weight is 424 g/mol. The van der Waals surface area contributed by atoms with Gasteiger partial charge < -0.3 is 15.5 Å². The SMILES string of the molecule is CN1CC(N2CCC(NC(=O)NCc3cccc4ccccc34)CC2)C(=O)N(C)C1=O. The second kappa shape index (κ2) is 8.93. The van der Waals surface area contributed by atoms with Crippen LogP contribution < -0.4 is 10.6 Å². The van der Waals surface area contributed by atoms with Crippen molar-refractivity contribution in [3.63, 3.8) is 0 Å². The first-order valence-electron chi connectivity index (χ1n) is 10.7. The van der Waals surface area contributed by atoms with Crippen LogP contribution >= 0.6 is 0 Å². The van der Waals surface area contributed by atoms with Gasteiger partial charge in [0.2, 0.25) is 5.91 Å². The number of piperidine rings is 1. The fourth-order valence-electron chi connectivity index (χ4n) is 4.48. The smallest absolute Gasteiger partial charge is 0.326 e. The Morgan fingerprint density at radius 1 is 1.03 bits per heavy atom. The molecule has 0 spiro atoms. The van der Waals surface area contributed by atoms with E-state index in [0.717, 1.165) is 29.2 Å². The van der Waals surface area contributed by atoms with E-state index >= 15 is 0 Å². The van der Waals surface area contributed by atoms with Crippen molar-refractivity contribution in [2.75, 3.05) is 33.7 Å². The van der Waals surface area contributed by atoms with Gasteiger partial charge in [0.15, 0.2) is 0 Å². The van der Waals surface area contributed by atoms with Gasteiger partial charge in [-0.2, -0.15) is 0 Å². The van der Waals surface area contributed by atoms with Crippen LogP contribution in [0.5, 0.6) is 0 Å². The van der Waals surface area contributed by atoms with Crippen LogP contribution in [0.25, 0.3) is 10.8 Å². The first kappa shape index (κ1) is 21.1. The zero-order chi connectivity index (χ0) is 22.0. The van der Waals surface area contributed by atoms with E-state index in [-0.39, 0.29) is 30.1 Å². The fourth-order valence-corrected chi connectivity index (χ4v) is 4.48. The van der Waals surface area contributed by atoms with Gasteiger partial charge in [0.25, 0.3) is 0 Å². The number of likely N-dealkylation sites (tertiary alicyclic amines) is 1. The minimum Gasteiger partial charge on any atom is -0.335 e. The summed E-state index contributed by atoms with van der Waals surface area (Å²) in [6.45, 7) is 2.29. The molecule has 2 saturated heterocycles.